The Kier molecular flexibility index (Phi) is 5.11. The molecule has 0 spiro atoms. The monoisotopic (exact) mass is 221 g/mol. The summed E-state index contributed by atoms with van der Waals surface area (Å²) < 4.78 is 0. The quantitative estimate of drug-likeness (QED) is 0.626. The molecule has 1 aromatic heterocycles. The molecule has 0 aromatic carbocycles. The minimum absolute atomic E-state index is 0.359. The molecule has 1 heterocycles. The van der Waals surface area contributed by atoms with Crippen molar-refractivity contribution in [1.82, 2.24) is 4.98 Å². The van der Waals surface area contributed by atoms with Gasteiger partial charge in [-0.3, -0.25) is 0 Å². The number of hydrogen-bond acceptors (Lipinski definition) is 0. The largest absolute Gasteiger partial charge is 0.362 e. The number of rotatable bonds is 7. The maximum Gasteiger partial charge on any atom is 0.0209 e. The Bertz CT molecular complexity index is 300. The van der Waals surface area contributed by atoms with Crippen molar-refractivity contribution in [1.29, 1.82) is 0 Å². The van der Waals surface area contributed by atoms with E-state index in [2.05, 4.69) is 44.8 Å². The van der Waals surface area contributed by atoms with E-state index in [9.17, 15) is 0 Å². The van der Waals surface area contributed by atoms with Crippen molar-refractivity contribution >= 4 is 0 Å². The number of aromatic nitrogens is 1. The van der Waals surface area contributed by atoms with Crippen molar-refractivity contribution in [2.24, 2.45) is 0 Å². The van der Waals surface area contributed by atoms with Crippen LogP contribution >= 0.6 is 0 Å². The summed E-state index contributed by atoms with van der Waals surface area (Å²) >= 11 is 0. The number of H-pyrrole nitrogens is 1. The molecule has 0 aliphatic heterocycles. The maximum atomic E-state index is 3.53. The number of aryl methyl sites for hydroxylation is 1. The van der Waals surface area contributed by atoms with Gasteiger partial charge in [-0.05, 0) is 31.9 Å². The first-order valence-electron chi connectivity index (χ1n) is 6.78. The maximum absolute atomic E-state index is 3.53. The van der Waals surface area contributed by atoms with E-state index in [1.54, 1.807) is 0 Å². The molecule has 92 valence electrons. The Labute approximate surface area is 101 Å². The molecule has 0 amide bonds. The van der Waals surface area contributed by atoms with Crippen LogP contribution in [0.3, 0.4) is 0 Å². The van der Waals surface area contributed by atoms with E-state index in [1.807, 2.05) is 0 Å². The summed E-state index contributed by atoms with van der Waals surface area (Å²) in [6.07, 6.45) is 7.89. The van der Waals surface area contributed by atoms with Gasteiger partial charge in [0.1, 0.15) is 0 Å². The van der Waals surface area contributed by atoms with Crippen molar-refractivity contribution < 1.29 is 0 Å². The summed E-state index contributed by atoms with van der Waals surface area (Å²) in [6.45, 7) is 9.11. The molecule has 0 aliphatic carbocycles. The summed E-state index contributed by atoms with van der Waals surface area (Å²) in [5.41, 5.74) is 3.08. The van der Waals surface area contributed by atoms with Gasteiger partial charge >= 0.3 is 0 Å². The van der Waals surface area contributed by atoms with Crippen LogP contribution in [-0.2, 0) is 5.41 Å². The normalized spacial score (nSPS) is 15.0. The zero-order valence-electron chi connectivity index (χ0n) is 11.4. The van der Waals surface area contributed by atoms with Crippen LogP contribution in [0.5, 0.6) is 0 Å². The van der Waals surface area contributed by atoms with Crippen LogP contribution < -0.4 is 0 Å². The third-order valence-electron chi connectivity index (χ3n) is 3.62. The zero-order chi connectivity index (χ0) is 12.0. The summed E-state index contributed by atoms with van der Waals surface area (Å²) in [5, 5.41) is 0. The number of unbranched alkanes of at least 4 members (excludes halogenated alkanes) is 2. The van der Waals surface area contributed by atoms with E-state index in [4.69, 9.17) is 0 Å². The van der Waals surface area contributed by atoms with E-state index in [1.165, 1.54) is 49.9 Å². The predicted molar refractivity (Wildman–Crippen MR) is 71.9 cm³/mol. The Morgan fingerprint density at radius 1 is 1.06 bits per heavy atom. The Morgan fingerprint density at radius 2 is 1.81 bits per heavy atom. The fraction of sp³-hybridized carbons (Fsp3) is 0.733. The van der Waals surface area contributed by atoms with Gasteiger partial charge in [-0.15, -0.1) is 0 Å². The van der Waals surface area contributed by atoms with Crippen LogP contribution in [0.1, 0.15) is 70.7 Å². The highest BCUT2D eigenvalue weighted by molar-refractivity contribution is 5.20. The molecule has 1 N–H and O–H groups in total. The van der Waals surface area contributed by atoms with Gasteiger partial charge in [0.05, 0.1) is 0 Å². The van der Waals surface area contributed by atoms with E-state index < -0.39 is 0 Å². The van der Waals surface area contributed by atoms with Crippen molar-refractivity contribution in [2.45, 2.75) is 71.6 Å². The molecule has 1 heteroatoms. The summed E-state index contributed by atoms with van der Waals surface area (Å²) in [7, 11) is 0. The first-order valence-corrected chi connectivity index (χ1v) is 6.78. The summed E-state index contributed by atoms with van der Waals surface area (Å²) in [6, 6.07) is 4.47. The highest BCUT2D eigenvalue weighted by atomic mass is 14.7. The van der Waals surface area contributed by atoms with Gasteiger partial charge in [-0.1, -0.05) is 46.5 Å². The second-order valence-corrected chi connectivity index (χ2v) is 5.32. The molecule has 1 atom stereocenters. The average molecular weight is 221 g/mol. The van der Waals surface area contributed by atoms with E-state index >= 15 is 0 Å². The van der Waals surface area contributed by atoms with Crippen LogP contribution in [0, 0.1) is 6.92 Å². The molecule has 0 saturated heterocycles. The first-order chi connectivity index (χ1) is 7.62. The first kappa shape index (κ1) is 13.3. The lowest BCUT2D eigenvalue weighted by atomic mass is 9.78. The minimum atomic E-state index is 0.359. The molecule has 0 radical (unpaired) electrons. The topological polar surface area (TPSA) is 15.8 Å². The molecule has 1 rings (SSSR count). The fourth-order valence-electron chi connectivity index (χ4n) is 2.57. The van der Waals surface area contributed by atoms with E-state index in [0.717, 1.165) is 0 Å². The van der Waals surface area contributed by atoms with Gasteiger partial charge < -0.3 is 4.98 Å². The third kappa shape index (κ3) is 3.40. The van der Waals surface area contributed by atoms with Gasteiger partial charge in [0.15, 0.2) is 0 Å². The highest BCUT2D eigenvalue weighted by Gasteiger charge is 2.26. The van der Waals surface area contributed by atoms with Crippen LogP contribution in [0.25, 0.3) is 0 Å². The van der Waals surface area contributed by atoms with Crippen LogP contribution in [-0.4, -0.2) is 4.98 Å². The van der Waals surface area contributed by atoms with Crippen LogP contribution in [0.15, 0.2) is 12.1 Å². The van der Waals surface area contributed by atoms with Crippen LogP contribution in [0.2, 0.25) is 0 Å². The number of nitrogens with one attached hydrogen (secondary N) is 1. The molecule has 16 heavy (non-hydrogen) atoms. The molecule has 0 fully saturated rings. The molecule has 0 aliphatic rings. The van der Waals surface area contributed by atoms with Gasteiger partial charge in [-0.2, -0.15) is 0 Å². The van der Waals surface area contributed by atoms with Gasteiger partial charge in [0, 0.05) is 16.8 Å². The highest BCUT2D eigenvalue weighted by Crippen LogP contribution is 2.33. The Hall–Kier alpha value is -0.720. The smallest absolute Gasteiger partial charge is 0.0209 e. The lowest BCUT2D eigenvalue weighted by Gasteiger charge is -2.28. The van der Waals surface area contributed by atoms with Crippen molar-refractivity contribution in [2.75, 3.05) is 0 Å². The molecular formula is C15H27N. The molecular weight excluding hydrogens is 194 g/mol. The average Bonchev–Trinajstić information content (AvgIpc) is 2.66. The number of aromatic amines is 1. The zero-order valence-corrected chi connectivity index (χ0v) is 11.4. The predicted octanol–water partition coefficient (Wildman–Crippen LogP) is 4.96. The third-order valence-corrected chi connectivity index (χ3v) is 3.62. The van der Waals surface area contributed by atoms with Crippen molar-refractivity contribution in [3.8, 4) is 0 Å². The van der Waals surface area contributed by atoms with E-state index in [-0.39, 0.29) is 0 Å². The Morgan fingerprint density at radius 3 is 2.31 bits per heavy atom. The lowest BCUT2D eigenvalue weighted by Crippen LogP contribution is -2.22. The second-order valence-electron chi connectivity index (χ2n) is 5.32. The summed E-state index contributed by atoms with van der Waals surface area (Å²) in [4.78, 5) is 3.53. The lowest BCUT2D eigenvalue weighted by molar-refractivity contribution is 0.370. The van der Waals surface area contributed by atoms with Gasteiger partial charge in [0.2, 0.25) is 0 Å². The minimum Gasteiger partial charge on any atom is -0.362 e. The standard InChI is InChI=1S/C15H27N/c1-5-7-8-12-15(4,11-6-2)14-10-9-13(3)16-14/h9-10,16H,5-8,11-12H2,1-4H3. The van der Waals surface area contributed by atoms with Crippen molar-refractivity contribution in [3.63, 3.8) is 0 Å². The SMILES string of the molecule is CCCCCC(C)(CCC)c1ccc(C)[nH]1. The molecule has 0 bridgehead atoms. The van der Waals surface area contributed by atoms with Gasteiger partial charge in [0.25, 0.3) is 0 Å². The van der Waals surface area contributed by atoms with Gasteiger partial charge in [-0.25, -0.2) is 0 Å². The van der Waals surface area contributed by atoms with Crippen molar-refractivity contribution in [3.05, 3.63) is 23.5 Å². The molecule has 1 unspecified atom stereocenters. The molecule has 1 aromatic rings. The van der Waals surface area contributed by atoms with Crippen LogP contribution in [0.4, 0.5) is 0 Å². The molecule has 1 nitrogen and oxygen atoms in total. The fourth-order valence-corrected chi connectivity index (χ4v) is 2.57. The molecule has 0 saturated carbocycles. The Balaban J connectivity index is 2.71. The second kappa shape index (κ2) is 6.12. The number of hydrogen-bond donors (Lipinski definition) is 1. The summed E-state index contributed by atoms with van der Waals surface area (Å²) in [5.74, 6) is 0. The van der Waals surface area contributed by atoms with E-state index in [0.29, 0.717) is 5.41 Å².